The van der Waals surface area contributed by atoms with Gasteiger partial charge in [-0.2, -0.15) is 0 Å². The molecule has 1 N–H and O–H groups in total. The molecule has 22 heavy (non-hydrogen) atoms. The van der Waals surface area contributed by atoms with Crippen LogP contribution in [0.4, 0.5) is 0 Å². The highest BCUT2D eigenvalue weighted by atomic mass is 16.3. The van der Waals surface area contributed by atoms with Crippen molar-refractivity contribution in [2.24, 2.45) is 34.5 Å². The number of hydrogen-bond donors (Lipinski definition) is 1. The lowest BCUT2D eigenvalue weighted by Crippen LogP contribution is -2.56. The number of carbonyl (C=O) groups excluding carboxylic acids is 2. The summed E-state index contributed by atoms with van der Waals surface area (Å²) < 4.78 is 0. The van der Waals surface area contributed by atoms with E-state index in [1.165, 1.54) is 6.08 Å². The number of allylic oxidation sites excluding steroid dienone is 2. The number of aliphatic hydroxyl groups is 1. The Balaban J connectivity index is 1.72. The van der Waals surface area contributed by atoms with Crippen molar-refractivity contribution in [3.8, 4) is 0 Å². The summed E-state index contributed by atoms with van der Waals surface area (Å²) in [6.45, 7) is 4.37. The molecule has 0 bridgehead atoms. The monoisotopic (exact) mass is 302 g/mol. The molecule has 0 saturated heterocycles. The van der Waals surface area contributed by atoms with Gasteiger partial charge < -0.3 is 5.11 Å². The summed E-state index contributed by atoms with van der Waals surface area (Å²) in [6.07, 6.45) is 9.39. The third kappa shape index (κ3) is 1.72. The molecule has 4 aliphatic rings. The van der Waals surface area contributed by atoms with Gasteiger partial charge in [-0.05, 0) is 73.7 Å². The fourth-order valence-electron chi connectivity index (χ4n) is 6.58. The van der Waals surface area contributed by atoms with Crippen molar-refractivity contribution in [2.75, 3.05) is 0 Å². The molecule has 0 amide bonds. The van der Waals surface area contributed by atoms with Crippen molar-refractivity contribution in [3.63, 3.8) is 0 Å². The summed E-state index contributed by atoms with van der Waals surface area (Å²) in [7, 11) is 0. The van der Waals surface area contributed by atoms with Crippen molar-refractivity contribution in [3.05, 3.63) is 12.2 Å². The van der Waals surface area contributed by atoms with Gasteiger partial charge >= 0.3 is 0 Å². The molecule has 0 radical (unpaired) electrons. The number of hydrogen-bond acceptors (Lipinski definition) is 3. The van der Waals surface area contributed by atoms with E-state index in [9.17, 15) is 14.7 Å². The number of carbonyl (C=O) groups is 2. The van der Waals surface area contributed by atoms with Crippen LogP contribution in [0.25, 0.3) is 0 Å². The van der Waals surface area contributed by atoms with Crippen molar-refractivity contribution in [2.45, 2.75) is 58.5 Å². The minimum atomic E-state index is -0.496. The van der Waals surface area contributed by atoms with Crippen molar-refractivity contribution in [1.82, 2.24) is 0 Å². The summed E-state index contributed by atoms with van der Waals surface area (Å²) in [5.41, 5.74) is -0.259. The van der Waals surface area contributed by atoms with E-state index >= 15 is 0 Å². The second kappa shape index (κ2) is 4.53. The van der Waals surface area contributed by atoms with Crippen LogP contribution in [0.5, 0.6) is 0 Å². The molecule has 0 heterocycles. The maximum Gasteiger partial charge on any atom is 0.221 e. The summed E-state index contributed by atoms with van der Waals surface area (Å²) in [4.78, 5) is 24.7. The predicted molar refractivity (Wildman–Crippen MR) is 83.0 cm³/mol. The van der Waals surface area contributed by atoms with Gasteiger partial charge in [-0.3, -0.25) is 9.59 Å². The summed E-state index contributed by atoms with van der Waals surface area (Å²) in [5, 5.41) is 10.2. The molecule has 120 valence electrons. The highest BCUT2D eigenvalue weighted by Gasteiger charge is 2.61. The number of aliphatic hydroxyl groups excluding tert-OH is 1. The molecule has 3 fully saturated rings. The summed E-state index contributed by atoms with van der Waals surface area (Å²) in [5.74, 6) is 1.11. The van der Waals surface area contributed by atoms with E-state index in [-0.39, 0.29) is 29.0 Å². The van der Waals surface area contributed by atoms with Crippen LogP contribution < -0.4 is 0 Å². The van der Waals surface area contributed by atoms with E-state index in [4.69, 9.17) is 0 Å². The van der Waals surface area contributed by atoms with Gasteiger partial charge in [0.05, 0.1) is 6.10 Å². The quantitative estimate of drug-likeness (QED) is 0.700. The number of fused-ring (bicyclic) bond motifs is 5. The largest absolute Gasteiger partial charge is 0.393 e. The predicted octanol–water partition coefficient (Wildman–Crippen LogP) is 2.91. The Morgan fingerprint density at radius 2 is 1.91 bits per heavy atom. The Hall–Kier alpha value is -0.960. The van der Waals surface area contributed by atoms with Crippen LogP contribution in [0.15, 0.2) is 12.2 Å². The lowest BCUT2D eigenvalue weighted by atomic mass is 9.46. The second-order valence-electron chi connectivity index (χ2n) is 8.68. The van der Waals surface area contributed by atoms with Crippen molar-refractivity contribution >= 4 is 11.6 Å². The molecule has 0 aromatic heterocycles. The Morgan fingerprint density at radius 3 is 2.68 bits per heavy atom. The minimum Gasteiger partial charge on any atom is -0.393 e. The zero-order valence-electron chi connectivity index (χ0n) is 13.5. The van der Waals surface area contributed by atoms with Gasteiger partial charge in [0.15, 0.2) is 0 Å². The van der Waals surface area contributed by atoms with Crippen LogP contribution in [0.2, 0.25) is 0 Å². The summed E-state index contributed by atoms with van der Waals surface area (Å²) >= 11 is 0. The van der Waals surface area contributed by atoms with E-state index in [1.54, 1.807) is 0 Å². The van der Waals surface area contributed by atoms with Crippen LogP contribution in [0.1, 0.15) is 52.4 Å². The fourth-order valence-corrected chi connectivity index (χ4v) is 6.58. The van der Waals surface area contributed by atoms with Crippen molar-refractivity contribution < 1.29 is 14.7 Å². The molecule has 4 rings (SSSR count). The smallest absolute Gasteiger partial charge is 0.221 e. The van der Waals surface area contributed by atoms with Gasteiger partial charge in [-0.15, -0.1) is 0 Å². The van der Waals surface area contributed by atoms with Gasteiger partial charge in [0, 0.05) is 5.41 Å². The van der Waals surface area contributed by atoms with E-state index < -0.39 is 5.41 Å². The first-order valence-corrected chi connectivity index (χ1v) is 8.81. The molecule has 0 spiro atoms. The molecule has 3 nitrogen and oxygen atoms in total. The highest BCUT2D eigenvalue weighted by Crippen LogP contribution is 2.64. The molecular weight excluding hydrogens is 276 g/mol. The van der Waals surface area contributed by atoms with Crippen LogP contribution in [-0.4, -0.2) is 22.8 Å². The second-order valence-corrected chi connectivity index (χ2v) is 8.68. The van der Waals surface area contributed by atoms with Crippen LogP contribution >= 0.6 is 0 Å². The maximum absolute atomic E-state index is 12.7. The zero-order valence-corrected chi connectivity index (χ0v) is 13.5. The molecular formula is C19H26O3. The van der Waals surface area contributed by atoms with Crippen LogP contribution in [0.3, 0.4) is 0 Å². The van der Waals surface area contributed by atoms with Gasteiger partial charge in [-0.25, -0.2) is 0 Å². The topological polar surface area (TPSA) is 54.4 Å². The minimum absolute atomic E-state index is 0.156. The average Bonchev–Trinajstić information content (AvgIpc) is 2.78. The van der Waals surface area contributed by atoms with E-state index in [1.807, 2.05) is 13.0 Å². The zero-order chi connectivity index (χ0) is 15.7. The third-order valence-electron chi connectivity index (χ3n) is 7.73. The Morgan fingerprint density at radius 1 is 1.14 bits per heavy atom. The molecule has 0 aliphatic heterocycles. The molecule has 3 saturated carbocycles. The van der Waals surface area contributed by atoms with Gasteiger partial charge in [-0.1, -0.05) is 19.9 Å². The van der Waals surface area contributed by atoms with Gasteiger partial charge in [0.2, 0.25) is 11.6 Å². The third-order valence-corrected chi connectivity index (χ3v) is 7.73. The lowest BCUT2D eigenvalue weighted by Gasteiger charge is -2.57. The Bertz CT molecular complexity index is 565. The number of rotatable bonds is 0. The Kier molecular flexibility index (Phi) is 3.01. The highest BCUT2D eigenvalue weighted by molar-refractivity contribution is 6.44. The molecule has 4 aliphatic carbocycles. The number of ketones is 2. The van der Waals surface area contributed by atoms with E-state index in [0.29, 0.717) is 17.8 Å². The first-order valence-electron chi connectivity index (χ1n) is 8.81. The molecule has 0 aromatic rings. The Labute approximate surface area is 132 Å². The van der Waals surface area contributed by atoms with E-state index in [0.717, 1.165) is 38.5 Å². The summed E-state index contributed by atoms with van der Waals surface area (Å²) in [6, 6.07) is 0. The standard InChI is InChI=1S/C19H26O3/c1-18-8-7-14-13(15(18)9-12(20)10-18)5-3-11-4-6-16(21)17(22)19(11,14)2/h4,6,11-15,20H,3,5,7-10H2,1-2H3/t11?,12-,13-,14+,15+,18-,19+/m1/s1. The van der Waals surface area contributed by atoms with Gasteiger partial charge in [0.25, 0.3) is 0 Å². The lowest BCUT2D eigenvalue weighted by molar-refractivity contribution is -0.154. The molecule has 3 heteroatoms. The molecule has 1 unspecified atom stereocenters. The van der Waals surface area contributed by atoms with Gasteiger partial charge in [0.1, 0.15) is 0 Å². The normalized spacial score (nSPS) is 53.9. The first-order chi connectivity index (χ1) is 10.4. The van der Waals surface area contributed by atoms with Crippen LogP contribution in [-0.2, 0) is 9.59 Å². The molecule has 7 atom stereocenters. The molecule has 0 aromatic carbocycles. The first kappa shape index (κ1) is 14.6. The average molecular weight is 302 g/mol. The fraction of sp³-hybridized carbons (Fsp3) is 0.789. The van der Waals surface area contributed by atoms with Crippen molar-refractivity contribution in [1.29, 1.82) is 0 Å². The van der Waals surface area contributed by atoms with Crippen LogP contribution in [0, 0.1) is 34.5 Å². The maximum atomic E-state index is 12.7. The van der Waals surface area contributed by atoms with E-state index in [2.05, 4.69) is 6.92 Å². The SMILES string of the molecule is C[C@]12CC[C@H]3[C@@H](CCC4C=CC(=O)C(=O)[C@@]43C)[C@@H]1C[C@@H](O)C2. The number of Topliss-reactive ketones (excluding diaryl/α,β-unsaturated/α-hetero) is 1.